The second-order valence-electron chi connectivity index (χ2n) is 3.81. The Kier molecular flexibility index (Phi) is 3.73. The number of nitrogens with one attached hydrogen (secondary N) is 1. The summed E-state index contributed by atoms with van der Waals surface area (Å²) in [5, 5.41) is 10.8. The lowest BCUT2D eigenvalue weighted by molar-refractivity contribution is -0.122. The molecule has 1 aliphatic carbocycles. The number of rotatable bonds is 3. The summed E-state index contributed by atoms with van der Waals surface area (Å²) in [6.45, 7) is 0.487. The molecule has 1 fully saturated rings. The van der Waals surface area contributed by atoms with Gasteiger partial charge in [-0.2, -0.15) is 0 Å². The van der Waals surface area contributed by atoms with Gasteiger partial charge in [0.15, 0.2) is 0 Å². The molecule has 5 nitrogen and oxygen atoms in total. The van der Waals surface area contributed by atoms with E-state index in [9.17, 15) is 9.59 Å². The van der Waals surface area contributed by atoms with E-state index in [4.69, 9.17) is 10.8 Å². The highest BCUT2D eigenvalue weighted by Crippen LogP contribution is 2.27. The van der Waals surface area contributed by atoms with Gasteiger partial charge in [-0.3, -0.25) is 4.79 Å². The van der Waals surface area contributed by atoms with Crippen LogP contribution in [0.2, 0.25) is 0 Å². The van der Waals surface area contributed by atoms with E-state index in [1.807, 2.05) is 0 Å². The summed E-state index contributed by atoms with van der Waals surface area (Å²) in [6, 6.07) is 0. The smallest absolute Gasteiger partial charge is 0.404 e. The van der Waals surface area contributed by atoms with E-state index in [0.29, 0.717) is 12.5 Å². The summed E-state index contributed by atoms with van der Waals surface area (Å²) in [7, 11) is 0. The van der Waals surface area contributed by atoms with Crippen LogP contribution < -0.4 is 11.1 Å². The molecule has 1 aliphatic rings. The van der Waals surface area contributed by atoms with Crippen LogP contribution in [0.25, 0.3) is 0 Å². The highest BCUT2D eigenvalue weighted by molar-refractivity contribution is 5.76. The number of hydrogen-bond donors (Lipinski definition) is 3. The van der Waals surface area contributed by atoms with Crippen LogP contribution in [0.5, 0.6) is 0 Å². The summed E-state index contributed by atoms with van der Waals surface area (Å²) < 4.78 is 0. The van der Waals surface area contributed by atoms with E-state index in [1.54, 1.807) is 0 Å². The second kappa shape index (κ2) is 4.83. The Morgan fingerprint density at radius 1 is 1.29 bits per heavy atom. The molecular weight excluding hydrogens is 184 g/mol. The zero-order chi connectivity index (χ0) is 10.6. The molecule has 0 aromatic heterocycles. The molecule has 0 bridgehead atoms. The normalized spacial score (nSPS) is 26.9. The molecule has 0 saturated heterocycles. The Hall–Kier alpha value is -1.26. The Balaban J connectivity index is 2.22. The SMILES string of the molecule is NC(=O)[C@H]1CC[C@H](CNC(=O)O)CC1. The highest BCUT2D eigenvalue weighted by Gasteiger charge is 2.24. The van der Waals surface area contributed by atoms with E-state index >= 15 is 0 Å². The molecule has 1 saturated carbocycles. The maximum atomic E-state index is 10.8. The molecule has 80 valence electrons. The summed E-state index contributed by atoms with van der Waals surface area (Å²) in [5.41, 5.74) is 5.19. The van der Waals surface area contributed by atoms with Crippen LogP contribution >= 0.6 is 0 Å². The third-order valence-electron chi connectivity index (χ3n) is 2.79. The fourth-order valence-corrected chi connectivity index (χ4v) is 1.88. The summed E-state index contributed by atoms with van der Waals surface area (Å²) >= 11 is 0. The number of amides is 2. The van der Waals surface area contributed by atoms with Crippen molar-refractivity contribution in [2.24, 2.45) is 17.6 Å². The zero-order valence-corrected chi connectivity index (χ0v) is 8.03. The Morgan fingerprint density at radius 3 is 2.29 bits per heavy atom. The van der Waals surface area contributed by atoms with Gasteiger partial charge in [0.1, 0.15) is 0 Å². The number of carboxylic acid groups (broad SMARTS) is 1. The molecule has 14 heavy (non-hydrogen) atoms. The van der Waals surface area contributed by atoms with Crippen LogP contribution in [-0.4, -0.2) is 23.7 Å². The minimum Gasteiger partial charge on any atom is -0.465 e. The summed E-state index contributed by atoms with van der Waals surface area (Å²) in [4.78, 5) is 21.1. The maximum absolute atomic E-state index is 10.8. The van der Waals surface area contributed by atoms with E-state index in [1.165, 1.54) is 0 Å². The first kappa shape index (κ1) is 10.8. The highest BCUT2D eigenvalue weighted by atomic mass is 16.4. The van der Waals surface area contributed by atoms with Gasteiger partial charge in [-0.1, -0.05) is 0 Å². The predicted molar refractivity (Wildman–Crippen MR) is 50.7 cm³/mol. The Morgan fingerprint density at radius 2 is 1.86 bits per heavy atom. The maximum Gasteiger partial charge on any atom is 0.404 e. The van der Waals surface area contributed by atoms with Gasteiger partial charge in [0, 0.05) is 12.5 Å². The zero-order valence-electron chi connectivity index (χ0n) is 8.03. The molecule has 0 heterocycles. The predicted octanol–water partition coefficient (Wildman–Crippen LogP) is 0.546. The van der Waals surface area contributed by atoms with E-state index in [0.717, 1.165) is 25.7 Å². The monoisotopic (exact) mass is 200 g/mol. The third kappa shape index (κ3) is 3.24. The van der Waals surface area contributed by atoms with Gasteiger partial charge in [0.25, 0.3) is 0 Å². The van der Waals surface area contributed by atoms with Gasteiger partial charge in [0.2, 0.25) is 5.91 Å². The number of nitrogens with two attached hydrogens (primary N) is 1. The lowest BCUT2D eigenvalue weighted by Crippen LogP contribution is -2.33. The van der Waals surface area contributed by atoms with Crippen LogP contribution in [0.3, 0.4) is 0 Å². The van der Waals surface area contributed by atoms with Crippen molar-refractivity contribution in [1.29, 1.82) is 0 Å². The molecule has 0 aromatic carbocycles. The van der Waals surface area contributed by atoms with Crippen LogP contribution in [-0.2, 0) is 4.79 Å². The van der Waals surface area contributed by atoms with E-state index in [2.05, 4.69) is 5.32 Å². The molecular formula is C9H16N2O3. The molecule has 5 heteroatoms. The number of carbonyl (C=O) groups excluding carboxylic acids is 1. The average Bonchev–Trinajstić information content (AvgIpc) is 2.15. The lowest BCUT2D eigenvalue weighted by Gasteiger charge is -2.26. The van der Waals surface area contributed by atoms with Gasteiger partial charge in [-0.25, -0.2) is 4.79 Å². The van der Waals surface area contributed by atoms with Crippen molar-refractivity contribution >= 4 is 12.0 Å². The van der Waals surface area contributed by atoms with E-state index < -0.39 is 6.09 Å². The first-order valence-electron chi connectivity index (χ1n) is 4.85. The first-order chi connectivity index (χ1) is 6.59. The van der Waals surface area contributed by atoms with Crippen LogP contribution in [0.15, 0.2) is 0 Å². The minimum absolute atomic E-state index is 0.00363. The molecule has 0 radical (unpaired) electrons. The molecule has 0 aliphatic heterocycles. The average molecular weight is 200 g/mol. The van der Waals surface area contributed by atoms with Crippen molar-refractivity contribution in [3.63, 3.8) is 0 Å². The fourth-order valence-electron chi connectivity index (χ4n) is 1.88. The van der Waals surface area contributed by atoms with Gasteiger partial charge in [0.05, 0.1) is 0 Å². The Bertz CT molecular complexity index is 222. The van der Waals surface area contributed by atoms with Crippen molar-refractivity contribution in [1.82, 2.24) is 5.32 Å². The number of carbonyl (C=O) groups is 2. The van der Waals surface area contributed by atoms with Crippen molar-refractivity contribution in [3.05, 3.63) is 0 Å². The molecule has 4 N–H and O–H groups in total. The molecule has 0 aromatic rings. The minimum atomic E-state index is -0.984. The molecule has 0 atom stereocenters. The van der Waals surface area contributed by atoms with Crippen molar-refractivity contribution in [3.8, 4) is 0 Å². The van der Waals surface area contributed by atoms with Crippen molar-refractivity contribution in [2.75, 3.05) is 6.54 Å². The molecule has 0 unspecified atom stereocenters. The number of primary amides is 1. The topological polar surface area (TPSA) is 92.4 Å². The van der Waals surface area contributed by atoms with Crippen LogP contribution in [0.4, 0.5) is 4.79 Å². The van der Waals surface area contributed by atoms with E-state index in [-0.39, 0.29) is 11.8 Å². The number of hydrogen-bond acceptors (Lipinski definition) is 2. The second-order valence-corrected chi connectivity index (χ2v) is 3.81. The molecule has 2 amide bonds. The molecule has 1 rings (SSSR count). The first-order valence-corrected chi connectivity index (χ1v) is 4.85. The summed E-state index contributed by atoms with van der Waals surface area (Å²) in [6.07, 6.45) is 2.37. The standard InChI is InChI=1S/C9H16N2O3/c10-8(12)7-3-1-6(2-4-7)5-11-9(13)14/h6-7,11H,1-5H2,(H2,10,12)(H,13,14)/t6-,7-. The van der Waals surface area contributed by atoms with Gasteiger partial charge >= 0.3 is 6.09 Å². The van der Waals surface area contributed by atoms with Crippen LogP contribution in [0, 0.1) is 11.8 Å². The largest absolute Gasteiger partial charge is 0.465 e. The van der Waals surface area contributed by atoms with Gasteiger partial charge in [-0.05, 0) is 31.6 Å². The van der Waals surface area contributed by atoms with Gasteiger partial charge < -0.3 is 16.2 Å². The van der Waals surface area contributed by atoms with Gasteiger partial charge in [-0.15, -0.1) is 0 Å². The van der Waals surface area contributed by atoms with Crippen LogP contribution in [0.1, 0.15) is 25.7 Å². The van der Waals surface area contributed by atoms with Crippen molar-refractivity contribution in [2.45, 2.75) is 25.7 Å². The van der Waals surface area contributed by atoms with Crippen molar-refractivity contribution < 1.29 is 14.7 Å². The summed E-state index contributed by atoms with van der Waals surface area (Å²) in [5.74, 6) is 0.132. The Labute approximate surface area is 82.7 Å². The quantitative estimate of drug-likeness (QED) is 0.621. The lowest BCUT2D eigenvalue weighted by atomic mass is 9.82. The third-order valence-corrected chi connectivity index (χ3v) is 2.79. The molecule has 0 spiro atoms. The fraction of sp³-hybridized carbons (Fsp3) is 0.778.